The molecule has 1 atom stereocenters. The van der Waals surface area contributed by atoms with E-state index in [4.69, 9.17) is 4.98 Å². The topological polar surface area (TPSA) is 126 Å². The van der Waals surface area contributed by atoms with Gasteiger partial charge in [0, 0.05) is 39.2 Å². The summed E-state index contributed by atoms with van der Waals surface area (Å²) in [6.07, 6.45) is 1.67. The van der Waals surface area contributed by atoms with Gasteiger partial charge < -0.3 is 4.90 Å². The van der Waals surface area contributed by atoms with Crippen molar-refractivity contribution in [3.63, 3.8) is 0 Å². The zero-order valence-electron chi connectivity index (χ0n) is 22.2. The standard InChI is InChI=1S/C27H31N7O4S/c1-17-25(18(2)31(3)29-17)39(37,38)33-12-7-10-20(15-33)26(35)32-13-11-22-21(16-32)27(36)34-24(28-22)14-23(30-34)19-8-5-4-6-9-19/h4-6,8-9,14,20,30H,7,10-13,15-16H2,1-3H3/t20-/m0/s1. The molecule has 39 heavy (non-hydrogen) atoms. The minimum Gasteiger partial charge on any atom is -0.337 e. The van der Waals surface area contributed by atoms with Gasteiger partial charge in [0.25, 0.3) is 5.56 Å². The van der Waals surface area contributed by atoms with Crippen molar-refractivity contribution in [3.05, 3.63) is 69.4 Å². The Hall–Kier alpha value is -3.77. The number of sulfonamides is 1. The Kier molecular flexibility index (Phi) is 6.18. The number of aryl methyl sites for hydroxylation is 2. The van der Waals surface area contributed by atoms with Crippen molar-refractivity contribution in [3.8, 4) is 11.3 Å². The first-order chi connectivity index (χ1) is 18.6. The van der Waals surface area contributed by atoms with Gasteiger partial charge in [0.1, 0.15) is 4.90 Å². The number of fused-ring (bicyclic) bond motifs is 2. The van der Waals surface area contributed by atoms with Gasteiger partial charge in [0.05, 0.1) is 40.8 Å². The Morgan fingerprint density at radius 2 is 1.90 bits per heavy atom. The van der Waals surface area contributed by atoms with E-state index < -0.39 is 15.9 Å². The molecule has 6 rings (SSSR count). The maximum atomic E-state index is 13.6. The fourth-order valence-electron chi connectivity index (χ4n) is 5.81. The number of carbonyl (C=O) groups excluding carboxylic acids is 1. The zero-order chi connectivity index (χ0) is 27.5. The highest BCUT2D eigenvalue weighted by Gasteiger charge is 2.38. The van der Waals surface area contributed by atoms with E-state index in [0.29, 0.717) is 60.6 Å². The number of piperidine rings is 1. The molecule has 204 valence electrons. The molecule has 11 nitrogen and oxygen atoms in total. The number of H-pyrrole nitrogens is 1. The smallest absolute Gasteiger partial charge is 0.277 e. The molecule has 0 unspecified atom stereocenters. The first-order valence-electron chi connectivity index (χ1n) is 13.1. The van der Waals surface area contributed by atoms with Gasteiger partial charge in [0.2, 0.25) is 15.9 Å². The molecule has 0 radical (unpaired) electrons. The van der Waals surface area contributed by atoms with Crippen LogP contribution >= 0.6 is 0 Å². The second kappa shape index (κ2) is 9.45. The van der Waals surface area contributed by atoms with Crippen molar-refractivity contribution >= 4 is 21.6 Å². The lowest BCUT2D eigenvalue weighted by Gasteiger charge is -2.35. The van der Waals surface area contributed by atoms with Crippen LogP contribution in [-0.4, -0.2) is 67.5 Å². The Balaban J connectivity index is 1.24. The van der Waals surface area contributed by atoms with Gasteiger partial charge in [0.15, 0.2) is 5.65 Å². The number of nitrogens with zero attached hydrogens (tertiary/aromatic N) is 6. The van der Waals surface area contributed by atoms with E-state index in [-0.39, 0.29) is 29.5 Å². The van der Waals surface area contributed by atoms with Gasteiger partial charge in [-0.25, -0.2) is 17.9 Å². The highest BCUT2D eigenvalue weighted by atomic mass is 32.2. The number of amides is 1. The quantitative estimate of drug-likeness (QED) is 0.415. The maximum Gasteiger partial charge on any atom is 0.277 e. The number of aromatic nitrogens is 5. The number of rotatable bonds is 4. The lowest BCUT2D eigenvalue weighted by molar-refractivity contribution is -0.137. The van der Waals surface area contributed by atoms with E-state index in [1.807, 2.05) is 36.4 Å². The molecule has 0 aliphatic carbocycles. The van der Waals surface area contributed by atoms with E-state index >= 15 is 0 Å². The molecule has 12 heteroatoms. The Bertz CT molecular complexity index is 1750. The molecule has 5 heterocycles. The lowest BCUT2D eigenvalue weighted by atomic mass is 9.96. The SMILES string of the molecule is Cc1nn(C)c(C)c1S(=O)(=O)N1CCC[C@H](C(=O)N2CCc3nc4cc(-c5ccccc5)[nH]n4c(=O)c3C2)C1. The van der Waals surface area contributed by atoms with Crippen molar-refractivity contribution in [2.24, 2.45) is 13.0 Å². The summed E-state index contributed by atoms with van der Waals surface area (Å²) in [5, 5.41) is 7.41. The predicted octanol–water partition coefficient (Wildman–Crippen LogP) is 2.03. The average Bonchev–Trinajstić information content (AvgIpc) is 3.48. The van der Waals surface area contributed by atoms with E-state index in [2.05, 4.69) is 10.2 Å². The summed E-state index contributed by atoms with van der Waals surface area (Å²) in [7, 11) is -2.07. The molecule has 1 fully saturated rings. The second-order valence-electron chi connectivity index (χ2n) is 10.4. The molecule has 0 saturated carbocycles. The summed E-state index contributed by atoms with van der Waals surface area (Å²) in [5.74, 6) is -0.594. The zero-order valence-corrected chi connectivity index (χ0v) is 23.0. The van der Waals surface area contributed by atoms with Crippen LogP contribution in [0.5, 0.6) is 0 Å². The Morgan fingerprint density at radius 1 is 1.13 bits per heavy atom. The van der Waals surface area contributed by atoms with Crippen LogP contribution in [0.3, 0.4) is 0 Å². The van der Waals surface area contributed by atoms with E-state index in [1.54, 1.807) is 30.5 Å². The van der Waals surface area contributed by atoms with E-state index in [9.17, 15) is 18.0 Å². The summed E-state index contributed by atoms with van der Waals surface area (Å²) < 4.78 is 31.4. The predicted molar refractivity (Wildman–Crippen MR) is 145 cm³/mol. The molecule has 2 aliphatic heterocycles. The summed E-state index contributed by atoms with van der Waals surface area (Å²) in [6, 6.07) is 11.6. The van der Waals surface area contributed by atoms with Crippen molar-refractivity contribution < 1.29 is 13.2 Å². The fraction of sp³-hybridized carbons (Fsp3) is 0.407. The molecular weight excluding hydrogens is 518 g/mol. The van der Waals surface area contributed by atoms with Crippen LogP contribution in [0, 0.1) is 19.8 Å². The van der Waals surface area contributed by atoms with Crippen LogP contribution in [0.2, 0.25) is 0 Å². The van der Waals surface area contributed by atoms with E-state index in [0.717, 1.165) is 11.3 Å². The van der Waals surface area contributed by atoms with Gasteiger partial charge in [-0.05, 0) is 32.3 Å². The molecule has 2 aliphatic rings. The van der Waals surface area contributed by atoms with Crippen LogP contribution in [-0.2, 0) is 34.8 Å². The van der Waals surface area contributed by atoms with E-state index in [1.165, 1.54) is 8.82 Å². The largest absolute Gasteiger partial charge is 0.337 e. The minimum absolute atomic E-state index is 0.117. The van der Waals surface area contributed by atoms with Crippen LogP contribution < -0.4 is 5.56 Å². The highest BCUT2D eigenvalue weighted by molar-refractivity contribution is 7.89. The molecule has 1 saturated heterocycles. The van der Waals surface area contributed by atoms with Crippen LogP contribution in [0.1, 0.15) is 35.5 Å². The van der Waals surface area contributed by atoms with Gasteiger partial charge in [-0.15, -0.1) is 0 Å². The number of carbonyl (C=O) groups is 1. The van der Waals surface area contributed by atoms with Gasteiger partial charge in [-0.1, -0.05) is 30.3 Å². The molecular formula is C27H31N7O4S. The number of aromatic amines is 1. The number of benzene rings is 1. The first kappa shape index (κ1) is 25.5. The molecule has 1 aromatic carbocycles. The van der Waals surface area contributed by atoms with Crippen molar-refractivity contribution in [2.75, 3.05) is 19.6 Å². The molecule has 1 N–H and O–H groups in total. The Labute approximate surface area is 226 Å². The van der Waals surface area contributed by atoms with Crippen LogP contribution in [0.4, 0.5) is 0 Å². The van der Waals surface area contributed by atoms with Crippen molar-refractivity contribution in [2.45, 2.75) is 44.6 Å². The first-order valence-corrected chi connectivity index (χ1v) is 14.6. The van der Waals surface area contributed by atoms with Gasteiger partial charge in [-0.3, -0.25) is 19.4 Å². The van der Waals surface area contributed by atoms with Crippen LogP contribution in [0.15, 0.2) is 46.1 Å². The monoisotopic (exact) mass is 549 g/mol. The summed E-state index contributed by atoms with van der Waals surface area (Å²) in [6.45, 7) is 4.50. The number of hydrogen-bond donors (Lipinski definition) is 1. The summed E-state index contributed by atoms with van der Waals surface area (Å²) in [5.41, 5.74) is 4.30. The summed E-state index contributed by atoms with van der Waals surface area (Å²) in [4.78, 5) is 33.7. The van der Waals surface area contributed by atoms with Gasteiger partial charge >= 0.3 is 0 Å². The average molecular weight is 550 g/mol. The lowest BCUT2D eigenvalue weighted by Crippen LogP contribution is -2.48. The van der Waals surface area contributed by atoms with Crippen molar-refractivity contribution in [1.82, 2.24) is 33.6 Å². The second-order valence-corrected chi connectivity index (χ2v) is 12.3. The third kappa shape index (κ3) is 4.27. The molecule has 4 aromatic rings. The molecule has 1 amide bonds. The summed E-state index contributed by atoms with van der Waals surface area (Å²) >= 11 is 0. The Morgan fingerprint density at radius 3 is 2.62 bits per heavy atom. The maximum absolute atomic E-state index is 13.6. The third-order valence-electron chi connectivity index (χ3n) is 7.93. The third-order valence-corrected chi connectivity index (χ3v) is 10.0. The highest BCUT2D eigenvalue weighted by Crippen LogP contribution is 2.29. The molecule has 0 spiro atoms. The van der Waals surface area contributed by atoms with Gasteiger partial charge in [-0.2, -0.15) is 9.40 Å². The fourth-order valence-corrected chi connectivity index (χ4v) is 7.74. The normalized spacial score (nSPS) is 18.4. The molecule has 0 bridgehead atoms. The number of nitrogens with one attached hydrogen (secondary N) is 1. The number of hydrogen-bond acceptors (Lipinski definition) is 6. The minimum atomic E-state index is -3.79. The van der Waals surface area contributed by atoms with Crippen molar-refractivity contribution in [1.29, 1.82) is 0 Å². The molecule has 3 aromatic heterocycles. The van der Waals surface area contributed by atoms with Crippen LogP contribution in [0.25, 0.3) is 16.9 Å².